The number of amides is 1. The van der Waals surface area contributed by atoms with Crippen LogP contribution in [0.15, 0.2) is 17.5 Å². The van der Waals surface area contributed by atoms with Crippen molar-refractivity contribution in [1.82, 2.24) is 5.32 Å². The van der Waals surface area contributed by atoms with Gasteiger partial charge in [-0.15, -0.1) is 11.3 Å². The molecule has 2 rings (SSSR count). The molecule has 1 saturated heterocycles. The second kappa shape index (κ2) is 4.95. The van der Waals surface area contributed by atoms with Crippen molar-refractivity contribution in [2.45, 2.75) is 19.0 Å². The number of hydrogen-bond acceptors (Lipinski definition) is 4. The van der Waals surface area contributed by atoms with Crippen molar-refractivity contribution in [3.8, 4) is 0 Å². The van der Waals surface area contributed by atoms with Crippen LogP contribution in [0.4, 0.5) is 5.00 Å². The number of thiophene rings is 1. The highest BCUT2D eigenvalue weighted by atomic mass is 32.1. The van der Waals surface area contributed by atoms with E-state index in [1.807, 2.05) is 29.3 Å². The summed E-state index contributed by atoms with van der Waals surface area (Å²) in [5.41, 5.74) is 0. The minimum Gasteiger partial charge on any atom is -0.377 e. The molecule has 0 aliphatic carbocycles. The molecule has 5 heteroatoms. The van der Waals surface area contributed by atoms with Crippen LogP contribution in [-0.2, 0) is 9.53 Å². The zero-order chi connectivity index (χ0) is 11.5. The molecule has 0 aromatic carbocycles. The van der Waals surface area contributed by atoms with Gasteiger partial charge < -0.3 is 10.1 Å². The maximum Gasteiger partial charge on any atom is 0.247 e. The number of nitrogens with one attached hydrogen (secondary N) is 1. The molecule has 1 N–H and O–H groups in total. The monoisotopic (exact) mass is 240 g/mol. The highest BCUT2D eigenvalue weighted by Crippen LogP contribution is 2.25. The Labute approximate surface area is 99.2 Å². The number of nitrogens with zero attached hydrogens (tertiary/aromatic N) is 1. The summed E-state index contributed by atoms with van der Waals surface area (Å²) in [6.07, 6.45) is 0. The summed E-state index contributed by atoms with van der Waals surface area (Å²) in [6.45, 7) is 3.04. The van der Waals surface area contributed by atoms with E-state index in [4.69, 9.17) is 4.74 Å². The fourth-order valence-electron chi connectivity index (χ4n) is 1.83. The van der Waals surface area contributed by atoms with Crippen molar-refractivity contribution >= 4 is 22.2 Å². The van der Waals surface area contributed by atoms with E-state index in [9.17, 15) is 4.79 Å². The summed E-state index contributed by atoms with van der Waals surface area (Å²) < 4.78 is 5.49. The van der Waals surface area contributed by atoms with Crippen LogP contribution in [0, 0.1) is 0 Å². The molecule has 4 nitrogen and oxygen atoms in total. The number of hydrogen-bond donors (Lipinski definition) is 1. The molecule has 16 heavy (non-hydrogen) atoms. The van der Waals surface area contributed by atoms with Crippen molar-refractivity contribution in [3.63, 3.8) is 0 Å². The third kappa shape index (κ3) is 2.11. The van der Waals surface area contributed by atoms with Crippen molar-refractivity contribution in [2.75, 3.05) is 25.2 Å². The quantitative estimate of drug-likeness (QED) is 0.841. The summed E-state index contributed by atoms with van der Waals surface area (Å²) in [7, 11) is 1.79. The second-order valence-electron chi connectivity index (χ2n) is 3.89. The number of carbonyl (C=O) groups excluding carboxylic acids is 1. The van der Waals surface area contributed by atoms with Gasteiger partial charge in [-0.1, -0.05) is 0 Å². The number of likely N-dealkylation sites (N-methyl/N-ethyl adjacent to an activating group) is 1. The average Bonchev–Trinajstić information content (AvgIpc) is 2.73. The lowest BCUT2D eigenvalue weighted by Crippen LogP contribution is -2.48. The first-order valence-corrected chi connectivity index (χ1v) is 6.23. The zero-order valence-electron chi connectivity index (χ0n) is 9.47. The average molecular weight is 240 g/mol. The Bertz CT molecular complexity index is 353. The lowest BCUT2D eigenvalue weighted by atomic mass is 10.2. The Hall–Kier alpha value is -0.910. The van der Waals surface area contributed by atoms with Gasteiger partial charge in [0.05, 0.1) is 24.3 Å². The van der Waals surface area contributed by atoms with E-state index in [1.165, 1.54) is 0 Å². The van der Waals surface area contributed by atoms with Gasteiger partial charge in [-0.2, -0.15) is 0 Å². The van der Waals surface area contributed by atoms with Gasteiger partial charge >= 0.3 is 0 Å². The van der Waals surface area contributed by atoms with Crippen LogP contribution in [0.1, 0.15) is 6.92 Å². The molecule has 2 heterocycles. The van der Waals surface area contributed by atoms with E-state index in [0.717, 1.165) is 5.00 Å². The maximum atomic E-state index is 12.3. The maximum absolute atomic E-state index is 12.3. The normalized spacial score (nSPS) is 26.9. The third-order valence-corrected chi connectivity index (χ3v) is 3.58. The second-order valence-corrected chi connectivity index (χ2v) is 4.81. The van der Waals surface area contributed by atoms with Gasteiger partial charge in [0.15, 0.2) is 0 Å². The van der Waals surface area contributed by atoms with Gasteiger partial charge in [0.2, 0.25) is 5.91 Å². The fourth-order valence-corrected chi connectivity index (χ4v) is 2.66. The lowest BCUT2D eigenvalue weighted by molar-refractivity contribution is -0.120. The molecule has 1 aromatic heterocycles. The topological polar surface area (TPSA) is 41.6 Å². The minimum absolute atomic E-state index is 0.0875. The first-order valence-electron chi connectivity index (χ1n) is 5.35. The molecule has 1 amide bonds. The molecule has 0 radical (unpaired) electrons. The van der Waals surface area contributed by atoms with Gasteiger partial charge in [0.25, 0.3) is 0 Å². The smallest absolute Gasteiger partial charge is 0.247 e. The molecule has 0 saturated carbocycles. The summed E-state index contributed by atoms with van der Waals surface area (Å²) in [5.74, 6) is 0.0925. The van der Waals surface area contributed by atoms with Gasteiger partial charge in [-0.05, 0) is 31.5 Å². The SMILES string of the molecule is CNC1COCC(C)N(c2cccs2)C1=O. The Balaban J connectivity index is 2.27. The minimum atomic E-state index is -0.243. The van der Waals surface area contributed by atoms with Crippen LogP contribution in [0.2, 0.25) is 0 Å². The predicted octanol–water partition coefficient (Wildman–Crippen LogP) is 1.09. The summed E-state index contributed by atoms with van der Waals surface area (Å²) in [5, 5.41) is 5.97. The Morgan fingerprint density at radius 1 is 1.56 bits per heavy atom. The van der Waals surface area contributed by atoms with Crippen LogP contribution in [0.25, 0.3) is 0 Å². The Morgan fingerprint density at radius 3 is 3.00 bits per heavy atom. The third-order valence-electron chi connectivity index (χ3n) is 2.71. The fraction of sp³-hybridized carbons (Fsp3) is 0.545. The summed E-state index contributed by atoms with van der Waals surface area (Å²) >= 11 is 1.58. The van der Waals surface area contributed by atoms with E-state index in [1.54, 1.807) is 18.4 Å². The van der Waals surface area contributed by atoms with E-state index in [2.05, 4.69) is 5.32 Å². The summed E-state index contributed by atoms with van der Waals surface area (Å²) in [4.78, 5) is 14.1. The van der Waals surface area contributed by atoms with Crippen LogP contribution in [-0.4, -0.2) is 38.3 Å². The molecule has 1 aliphatic heterocycles. The lowest BCUT2D eigenvalue weighted by Gasteiger charge is -2.26. The largest absolute Gasteiger partial charge is 0.377 e. The van der Waals surface area contributed by atoms with Gasteiger partial charge in [0.1, 0.15) is 6.04 Å². The molecular formula is C11H16N2O2S. The van der Waals surface area contributed by atoms with Crippen molar-refractivity contribution in [1.29, 1.82) is 0 Å². The van der Waals surface area contributed by atoms with Gasteiger partial charge in [0, 0.05) is 0 Å². The predicted molar refractivity (Wildman–Crippen MR) is 64.9 cm³/mol. The number of ether oxygens (including phenoxy) is 1. The molecule has 1 aliphatic rings. The Kier molecular flexibility index (Phi) is 3.58. The van der Waals surface area contributed by atoms with Crippen LogP contribution < -0.4 is 10.2 Å². The van der Waals surface area contributed by atoms with E-state index >= 15 is 0 Å². The Morgan fingerprint density at radius 2 is 2.38 bits per heavy atom. The van der Waals surface area contributed by atoms with Crippen LogP contribution >= 0.6 is 11.3 Å². The van der Waals surface area contributed by atoms with E-state index in [-0.39, 0.29) is 18.0 Å². The highest BCUT2D eigenvalue weighted by molar-refractivity contribution is 7.14. The van der Waals surface area contributed by atoms with Crippen molar-refractivity contribution in [2.24, 2.45) is 0 Å². The summed E-state index contributed by atoms with van der Waals surface area (Å²) in [6, 6.07) is 3.77. The van der Waals surface area contributed by atoms with E-state index < -0.39 is 0 Å². The zero-order valence-corrected chi connectivity index (χ0v) is 10.3. The standard InChI is InChI=1S/C11H16N2O2S/c1-8-6-15-7-9(12-2)11(14)13(8)10-4-3-5-16-10/h3-5,8-9,12H,6-7H2,1-2H3. The van der Waals surface area contributed by atoms with Gasteiger partial charge in [-0.3, -0.25) is 9.69 Å². The van der Waals surface area contributed by atoms with Crippen LogP contribution in [0.3, 0.4) is 0 Å². The molecule has 2 unspecified atom stereocenters. The van der Waals surface area contributed by atoms with Crippen LogP contribution in [0.5, 0.6) is 0 Å². The first-order chi connectivity index (χ1) is 7.74. The molecule has 0 spiro atoms. The van der Waals surface area contributed by atoms with E-state index in [0.29, 0.717) is 13.2 Å². The number of rotatable bonds is 2. The molecule has 0 bridgehead atoms. The molecule has 88 valence electrons. The highest BCUT2D eigenvalue weighted by Gasteiger charge is 2.31. The molecular weight excluding hydrogens is 224 g/mol. The molecule has 1 fully saturated rings. The van der Waals surface area contributed by atoms with Gasteiger partial charge in [-0.25, -0.2) is 0 Å². The van der Waals surface area contributed by atoms with Crippen molar-refractivity contribution < 1.29 is 9.53 Å². The first kappa shape index (κ1) is 11.6. The number of carbonyl (C=O) groups is 1. The number of anilines is 1. The molecule has 2 atom stereocenters. The van der Waals surface area contributed by atoms with Crippen molar-refractivity contribution in [3.05, 3.63) is 17.5 Å². The molecule has 1 aromatic rings.